The highest BCUT2D eigenvalue weighted by atomic mass is 32.2. The van der Waals surface area contributed by atoms with E-state index in [-0.39, 0.29) is 29.0 Å². The Hall–Kier alpha value is -1.21. The Morgan fingerprint density at radius 3 is 3.00 bits per heavy atom. The summed E-state index contributed by atoms with van der Waals surface area (Å²) in [5.41, 5.74) is 0.121. The first-order chi connectivity index (χ1) is 8.15. The van der Waals surface area contributed by atoms with Crippen molar-refractivity contribution in [3.05, 3.63) is 23.9 Å². The van der Waals surface area contributed by atoms with E-state index in [4.69, 9.17) is 5.11 Å². The van der Waals surface area contributed by atoms with E-state index in [1.807, 2.05) is 0 Å². The number of aliphatic hydroxyl groups is 1. The molecular weight excluding hydrogens is 250 g/mol. The van der Waals surface area contributed by atoms with E-state index >= 15 is 0 Å². The number of hydrogen-bond donors (Lipinski definition) is 2. The standard InChI is InChI=1S/C10H12F2N2O2S/c11-10(12)17-9-7(3-1-4-14-9)8(16)13-5-2-6-15/h1,3-4,10,15H,2,5-6H2,(H,13,16). The molecule has 0 unspecified atom stereocenters. The van der Waals surface area contributed by atoms with E-state index in [1.165, 1.54) is 18.3 Å². The Morgan fingerprint density at radius 1 is 1.59 bits per heavy atom. The molecule has 94 valence electrons. The second-order valence-corrected chi connectivity index (χ2v) is 4.05. The zero-order valence-corrected chi connectivity index (χ0v) is 9.71. The number of nitrogens with one attached hydrogen (secondary N) is 1. The van der Waals surface area contributed by atoms with Crippen LogP contribution in [-0.2, 0) is 0 Å². The average Bonchev–Trinajstić information content (AvgIpc) is 2.29. The van der Waals surface area contributed by atoms with Gasteiger partial charge in [0.1, 0.15) is 5.03 Å². The van der Waals surface area contributed by atoms with E-state index in [1.54, 1.807) is 0 Å². The Kier molecular flexibility index (Phi) is 5.85. The molecule has 0 atom stereocenters. The van der Waals surface area contributed by atoms with Gasteiger partial charge in [-0.25, -0.2) is 4.98 Å². The third-order valence-corrected chi connectivity index (χ3v) is 2.56. The Morgan fingerprint density at radius 2 is 2.35 bits per heavy atom. The van der Waals surface area contributed by atoms with Gasteiger partial charge in [0.2, 0.25) is 0 Å². The summed E-state index contributed by atoms with van der Waals surface area (Å²) in [5.74, 6) is -3.08. The van der Waals surface area contributed by atoms with Gasteiger partial charge in [0.15, 0.2) is 0 Å². The van der Waals surface area contributed by atoms with Crippen molar-refractivity contribution in [1.82, 2.24) is 10.3 Å². The molecule has 7 heteroatoms. The van der Waals surface area contributed by atoms with Crippen LogP contribution in [-0.4, -0.2) is 34.9 Å². The fourth-order valence-electron chi connectivity index (χ4n) is 1.12. The highest BCUT2D eigenvalue weighted by Gasteiger charge is 2.15. The van der Waals surface area contributed by atoms with Gasteiger partial charge in [0.25, 0.3) is 11.7 Å². The zero-order chi connectivity index (χ0) is 12.7. The number of rotatable bonds is 6. The zero-order valence-electron chi connectivity index (χ0n) is 8.90. The predicted octanol–water partition coefficient (Wildman–Crippen LogP) is 1.51. The molecular formula is C10H12F2N2O2S. The second kappa shape index (κ2) is 7.18. The topological polar surface area (TPSA) is 62.2 Å². The number of thioether (sulfide) groups is 1. The second-order valence-electron chi connectivity index (χ2n) is 3.07. The van der Waals surface area contributed by atoms with Gasteiger partial charge in [-0.3, -0.25) is 4.79 Å². The van der Waals surface area contributed by atoms with E-state index in [0.717, 1.165) is 0 Å². The maximum absolute atomic E-state index is 12.2. The quantitative estimate of drug-likeness (QED) is 0.602. The number of amides is 1. The lowest BCUT2D eigenvalue weighted by Crippen LogP contribution is -2.25. The number of nitrogens with zero attached hydrogens (tertiary/aromatic N) is 1. The SMILES string of the molecule is O=C(NCCCO)c1cccnc1SC(F)F. The molecule has 4 nitrogen and oxygen atoms in total. The molecule has 0 radical (unpaired) electrons. The fourth-order valence-corrected chi connectivity index (χ4v) is 1.70. The first-order valence-electron chi connectivity index (χ1n) is 4.94. The third kappa shape index (κ3) is 4.66. The lowest BCUT2D eigenvalue weighted by molar-refractivity contribution is 0.0947. The Bertz CT molecular complexity index is 377. The van der Waals surface area contributed by atoms with Gasteiger partial charge < -0.3 is 10.4 Å². The Balaban J connectivity index is 2.71. The first kappa shape index (κ1) is 13.9. The molecule has 1 amide bonds. The molecule has 1 aromatic heterocycles. The van der Waals surface area contributed by atoms with Gasteiger partial charge >= 0.3 is 0 Å². The summed E-state index contributed by atoms with van der Waals surface area (Å²) >= 11 is 0.238. The number of halogens is 2. The molecule has 0 saturated carbocycles. The molecule has 0 aliphatic heterocycles. The third-order valence-electron chi connectivity index (χ3n) is 1.84. The summed E-state index contributed by atoms with van der Waals surface area (Å²) in [6.45, 7) is 0.259. The Labute approximate surface area is 101 Å². The summed E-state index contributed by atoms with van der Waals surface area (Å²) in [4.78, 5) is 15.4. The molecule has 17 heavy (non-hydrogen) atoms. The van der Waals surface area contributed by atoms with Crippen LogP contribution in [0.3, 0.4) is 0 Å². The molecule has 0 aliphatic carbocycles. The van der Waals surface area contributed by atoms with Crippen LogP contribution in [0.4, 0.5) is 8.78 Å². The number of aromatic nitrogens is 1. The van der Waals surface area contributed by atoms with Gasteiger partial charge in [-0.2, -0.15) is 8.78 Å². The van der Waals surface area contributed by atoms with Crippen LogP contribution in [0.25, 0.3) is 0 Å². The van der Waals surface area contributed by atoms with Gasteiger partial charge in [-0.1, -0.05) is 0 Å². The van der Waals surface area contributed by atoms with Gasteiger partial charge in [0, 0.05) is 19.3 Å². The molecule has 0 aliphatic rings. The minimum absolute atomic E-state index is 0.00370. The minimum Gasteiger partial charge on any atom is -0.396 e. The summed E-state index contributed by atoms with van der Waals surface area (Å²) < 4.78 is 24.5. The number of aliphatic hydroxyl groups excluding tert-OH is 1. The van der Waals surface area contributed by atoms with E-state index in [9.17, 15) is 13.6 Å². The van der Waals surface area contributed by atoms with Gasteiger partial charge in [0.05, 0.1) is 5.56 Å². The van der Waals surface area contributed by atoms with E-state index < -0.39 is 11.7 Å². The molecule has 0 spiro atoms. The molecule has 0 saturated heterocycles. The summed E-state index contributed by atoms with van der Waals surface area (Å²) in [5, 5.41) is 11.1. The lowest BCUT2D eigenvalue weighted by atomic mass is 10.2. The monoisotopic (exact) mass is 262 g/mol. The normalized spacial score (nSPS) is 10.6. The van der Waals surface area contributed by atoms with Crippen LogP contribution >= 0.6 is 11.8 Å². The van der Waals surface area contributed by atoms with Crippen molar-refractivity contribution in [2.75, 3.05) is 13.2 Å². The van der Waals surface area contributed by atoms with E-state index in [0.29, 0.717) is 13.0 Å². The van der Waals surface area contributed by atoms with Crippen LogP contribution in [0.1, 0.15) is 16.8 Å². The average molecular weight is 262 g/mol. The fraction of sp³-hybridized carbons (Fsp3) is 0.400. The number of alkyl halides is 2. The van der Waals surface area contributed by atoms with Crippen molar-refractivity contribution in [2.45, 2.75) is 17.2 Å². The largest absolute Gasteiger partial charge is 0.396 e. The molecule has 0 fully saturated rings. The van der Waals surface area contributed by atoms with Crippen molar-refractivity contribution in [3.63, 3.8) is 0 Å². The summed E-state index contributed by atoms with van der Waals surface area (Å²) in [6, 6.07) is 2.95. The number of carbonyl (C=O) groups is 1. The number of pyridine rings is 1. The summed E-state index contributed by atoms with van der Waals surface area (Å²) in [6.07, 6.45) is 1.78. The van der Waals surface area contributed by atoms with Crippen LogP contribution < -0.4 is 5.32 Å². The van der Waals surface area contributed by atoms with Crippen LogP contribution in [0, 0.1) is 0 Å². The molecule has 2 N–H and O–H groups in total. The highest BCUT2D eigenvalue weighted by molar-refractivity contribution is 7.99. The molecule has 1 heterocycles. The maximum atomic E-state index is 12.2. The molecule has 1 aromatic rings. The highest BCUT2D eigenvalue weighted by Crippen LogP contribution is 2.26. The van der Waals surface area contributed by atoms with Gasteiger partial charge in [-0.05, 0) is 30.3 Å². The molecule has 1 rings (SSSR count). The summed E-state index contributed by atoms with van der Waals surface area (Å²) in [7, 11) is 0. The van der Waals surface area contributed by atoms with E-state index in [2.05, 4.69) is 10.3 Å². The van der Waals surface area contributed by atoms with Crippen molar-refractivity contribution in [3.8, 4) is 0 Å². The lowest BCUT2D eigenvalue weighted by Gasteiger charge is -2.07. The van der Waals surface area contributed by atoms with Crippen molar-refractivity contribution in [2.24, 2.45) is 0 Å². The molecule has 0 bridgehead atoms. The van der Waals surface area contributed by atoms with Gasteiger partial charge in [-0.15, -0.1) is 0 Å². The van der Waals surface area contributed by atoms with Crippen molar-refractivity contribution >= 4 is 17.7 Å². The van der Waals surface area contributed by atoms with Crippen LogP contribution in [0.5, 0.6) is 0 Å². The van der Waals surface area contributed by atoms with Crippen LogP contribution in [0.2, 0.25) is 0 Å². The van der Waals surface area contributed by atoms with Crippen LogP contribution in [0.15, 0.2) is 23.4 Å². The van der Waals surface area contributed by atoms with Crippen molar-refractivity contribution < 1.29 is 18.7 Å². The number of hydrogen-bond acceptors (Lipinski definition) is 4. The minimum atomic E-state index is -2.62. The number of carbonyl (C=O) groups excluding carboxylic acids is 1. The predicted molar refractivity (Wildman–Crippen MR) is 60.1 cm³/mol. The maximum Gasteiger partial charge on any atom is 0.290 e. The molecule has 0 aromatic carbocycles. The first-order valence-corrected chi connectivity index (χ1v) is 5.82. The smallest absolute Gasteiger partial charge is 0.290 e. The van der Waals surface area contributed by atoms with Crippen molar-refractivity contribution in [1.29, 1.82) is 0 Å².